The molecule has 0 radical (unpaired) electrons. The first-order valence-electron chi connectivity index (χ1n) is 11.4. The van der Waals surface area contributed by atoms with E-state index in [-0.39, 0.29) is 0 Å². The van der Waals surface area contributed by atoms with Crippen molar-refractivity contribution < 1.29 is 14.2 Å². The summed E-state index contributed by atoms with van der Waals surface area (Å²) in [4.78, 5) is 13.9. The van der Waals surface area contributed by atoms with Crippen LogP contribution in [0.15, 0.2) is 24.5 Å². The summed E-state index contributed by atoms with van der Waals surface area (Å²) in [5.74, 6) is 1.22. The number of rotatable bonds is 5. The maximum Gasteiger partial charge on any atom is 0.224 e. The number of aromatic nitrogens is 2. The molecule has 2 saturated heterocycles. The van der Waals surface area contributed by atoms with Crippen molar-refractivity contribution >= 4 is 16.6 Å². The molecular formula is C23H32N4O3. The van der Waals surface area contributed by atoms with E-state index in [0.29, 0.717) is 12.0 Å². The van der Waals surface area contributed by atoms with E-state index < -0.39 is 0 Å². The Morgan fingerprint density at radius 1 is 0.967 bits per heavy atom. The Morgan fingerprint density at radius 3 is 2.50 bits per heavy atom. The lowest BCUT2D eigenvalue weighted by Gasteiger charge is -2.37. The highest BCUT2D eigenvalue weighted by Gasteiger charge is 2.23. The molecule has 2 aromatic rings. The van der Waals surface area contributed by atoms with Crippen molar-refractivity contribution in [2.45, 2.75) is 31.8 Å². The summed E-state index contributed by atoms with van der Waals surface area (Å²) in [5.41, 5.74) is 2.18. The normalized spacial score (nSPS) is 22.5. The van der Waals surface area contributed by atoms with Gasteiger partial charge in [0.15, 0.2) is 0 Å². The molecule has 3 aliphatic rings. The highest BCUT2D eigenvalue weighted by Crippen LogP contribution is 2.30. The van der Waals surface area contributed by atoms with Gasteiger partial charge in [0.2, 0.25) is 5.88 Å². The van der Waals surface area contributed by atoms with Gasteiger partial charge in [-0.25, -0.2) is 9.97 Å². The highest BCUT2D eigenvalue weighted by molar-refractivity contribution is 5.86. The lowest BCUT2D eigenvalue weighted by atomic mass is 10.1. The summed E-state index contributed by atoms with van der Waals surface area (Å²) in [6, 6.07) is 6.49. The van der Waals surface area contributed by atoms with Gasteiger partial charge < -0.3 is 19.1 Å². The third kappa shape index (κ3) is 4.68. The second-order valence-corrected chi connectivity index (χ2v) is 8.71. The third-order valence-electron chi connectivity index (χ3n) is 6.50. The van der Waals surface area contributed by atoms with Crippen LogP contribution in [0.3, 0.4) is 0 Å². The van der Waals surface area contributed by atoms with Crippen LogP contribution in [0.25, 0.3) is 10.9 Å². The van der Waals surface area contributed by atoms with Gasteiger partial charge in [-0.2, -0.15) is 0 Å². The van der Waals surface area contributed by atoms with Gasteiger partial charge in [0.1, 0.15) is 12.4 Å². The molecule has 0 unspecified atom stereocenters. The number of anilines is 1. The summed E-state index contributed by atoms with van der Waals surface area (Å²) in [7, 11) is 0. The van der Waals surface area contributed by atoms with Crippen LogP contribution in [0.5, 0.6) is 5.88 Å². The number of nitrogens with zero attached hydrogens (tertiary/aromatic N) is 4. The summed E-state index contributed by atoms with van der Waals surface area (Å²) < 4.78 is 17.5. The SMILES string of the molecule is c1nc(OC2CCCC2)c2cc(N3CCN(CC4COCCOC4)CC3)ccc2n1. The number of benzene rings is 1. The molecule has 1 aromatic heterocycles. The molecule has 1 saturated carbocycles. The Bertz CT molecular complexity index is 826. The summed E-state index contributed by atoms with van der Waals surface area (Å²) in [6.45, 7) is 8.29. The maximum absolute atomic E-state index is 6.24. The minimum absolute atomic E-state index is 0.298. The quantitative estimate of drug-likeness (QED) is 0.748. The van der Waals surface area contributed by atoms with Crippen molar-refractivity contribution in [1.82, 2.24) is 14.9 Å². The number of ether oxygens (including phenoxy) is 3. The largest absolute Gasteiger partial charge is 0.474 e. The van der Waals surface area contributed by atoms with Crippen LogP contribution < -0.4 is 9.64 Å². The first-order valence-corrected chi connectivity index (χ1v) is 11.4. The zero-order valence-corrected chi connectivity index (χ0v) is 17.7. The molecule has 0 atom stereocenters. The number of hydrogen-bond donors (Lipinski definition) is 0. The van der Waals surface area contributed by atoms with Gasteiger partial charge in [0.25, 0.3) is 0 Å². The number of hydrogen-bond acceptors (Lipinski definition) is 7. The predicted octanol–water partition coefficient (Wildman–Crippen LogP) is 2.74. The van der Waals surface area contributed by atoms with Crippen LogP contribution in [0.1, 0.15) is 25.7 Å². The summed E-state index contributed by atoms with van der Waals surface area (Å²) >= 11 is 0. The Morgan fingerprint density at radius 2 is 1.73 bits per heavy atom. The van der Waals surface area contributed by atoms with Gasteiger partial charge in [-0.05, 0) is 43.9 Å². The standard InChI is InChI=1S/C23H32N4O3/c1-2-4-20(3-1)30-23-21-13-19(5-6-22(21)24-17-25-23)27-9-7-26(8-10-27)14-18-15-28-11-12-29-16-18/h5-6,13,17-18,20H,1-4,7-12,14-16H2. The van der Waals surface area contributed by atoms with E-state index in [2.05, 4.69) is 38.0 Å². The van der Waals surface area contributed by atoms with Gasteiger partial charge in [-0.3, -0.25) is 4.90 Å². The number of fused-ring (bicyclic) bond motifs is 1. The van der Waals surface area contributed by atoms with E-state index in [1.807, 2.05) is 0 Å². The molecule has 7 nitrogen and oxygen atoms in total. The van der Waals surface area contributed by atoms with Gasteiger partial charge >= 0.3 is 0 Å². The summed E-state index contributed by atoms with van der Waals surface area (Å²) in [5, 5.41) is 1.03. The fourth-order valence-corrected chi connectivity index (χ4v) is 4.80. The second kappa shape index (κ2) is 9.45. The molecule has 3 heterocycles. The van der Waals surface area contributed by atoms with E-state index in [0.717, 1.165) is 88.8 Å². The second-order valence-electron chi connectivity index (χ2n) is 8.71. The van der Waals surface area contributed by atoms with Gasteiger partial charge in [-0.1, -0.05) is 0 Å². The Labute approximate surface area is 178 Å². The van der Waals surface area contributed by atoms with Gasteiger partial charge in [0.05, 0.1) is 37.3 Å². The van der Waals surface area contributed by atoms with Crippen LogP contribution in [-0.2, 0) is 9.47 Å². The minimum atomic E-state index is 0.298. The topological polar surface area (TPSA) is 60.0 Å². The zero-order chi connectivity index (χ0) is 20.2. The van der Waals surface area contributed by atoms with Gasteiger partial charge in [0, 0.05) is 44.3 Å². The monoisotopic (exact) mass is 412 g/mol. The average molecular weight is 413 g/mol. The van der Waals surface area contributed by atoms with E-state index in [1.54, 1.807) is 6.33 Å². The molecule has 1 aromatic carbocycles. The van der Waals surface area contributed by atoms with Crippen LogP contribution in [0, 0.1) is 5.92 Å². The van der Waals surface area contributed by atoms with E-state index in [1.165, 1.54) is 18.5 Å². The first kappa shape index (κ1) is 20.0. The average Bonchev–Trinajstić information content (AvgIpc) is 3.16. The van der Waals surface area contributed by atoms with E-state index in [4.69, 9.17) is 14.2 Å². The lowest BCUT2D eigenvalue weighted by molar-refractivity contribution is 0.102. The van der Waals surface area contributed by atoms with Crippen LogP contribution >= 0.6 is 0 Å². The Kier molecular flexibility index (Phi) is 6.29. The highest BCUT2D eigenvalue weighted by atomic mass is 16.5. The summed E-state index contributed by atoms with van der Waals surface area (Å²) in [6.07, 6.45) is 6.68. The molecule has 0 amide bonds. The third-order valence-corrected chi connectivity index (χ3v) is 6.50. The zero-order valence-electron chi connectivity index (χ0n) is 17.7. The van der Waals surface area contributed by atoms with Crippen molar-refractivity contribution in [1.29, 1.82) is 0 Å². The molecule has 1 aliphatic carbocycles. The van der Waals surface area contributed by atoms with Crippen molar-refractivity contribution in [3.8, 4) is 5.88 Å². The molecule has 3 fully saturated rings. The maximum atomic E-state index is 6.24. The van der Waals surface area contributed by atoms with Crippen molar-refractivity contribution in [2.24, 2.45) is 5.92 Å². The molecule has 7 heteroatoms. The predicted molar refractivity (Wildman–Crippen MR) is 116 cm³/mol. The van der Waals surface area contributed by atoms with Crippen LogP contribution in [-0.4, -0.2) is 80.1 Å². The fraction of sp³-hybridized carbons (Fsp3) is 0.652. The molecule has 0 spiro atoms. The lowest BCUT2D eigenvalue weighted by Crippen LogP contribution is -2.48. The molecule has 30 heavy (non-hydrogen) atoms. The minimum Gasteiger partial charge on any atom is -0.474 e. The molecule has 162 valence electrons. The van der Waals surface area contributed by atoms with Crippen molar-refractivity contribution in [2.75, 3.05) is 64.1 Å². The van der Waals surface area contributed by atoms with Crippen LogP contribution in [0.4, 0.5) is 5.69 Å². The molecule has 0 N–H and O–H groups in total. The molecule has 0 bridgehead atoms. The van der Waals surface area contributed by atoms with Crippen molar-refractivity contribution in [3.63, 3.8) is 0 Å². The van der Waals surface area contributed by atoms with Gasteiger partial charge in [-0.15, -0.1) is 0 Å². The van der Waals surface area contributed by atoms with E-state index >= 15 is 0 Å². The van der Waals surface area contributed by atoms with E-state index in [9.17, 15) is 0 Å². The smallest absolute Gasteiger partial charge is 0.224 e. The Hall–Kier alpha value is -1.96. The first-order chi connectivity index (χ1) is 14.8. The number of piperazine rings is 1. The molecule has 5 rings (SSSR count). The molecular weight excluding hydrogens is 380 g/mol. The van der Waals surface area contributed by atoms with Crippen molar-refractivity contribution in [3.05, 3.63) is 24.5 Å². The van der Waals surface area contributed by atoms with Crippen LogP contribution in [0.2, 0.25) is 0 Å². The molecule has 2 aliphatic heterocycles. The fourth-order valence-electron chi connectivity index (χ4n) is 4.80. The Balaban J connectivity index is 1.24.